The summed E-state index contributed by atoms with van der Waals surface area (Å²) in [5.41, 5.74) is 0.331. The molecular formula is C14H8N2OS2. The molecule has 92 valence electrons. The molecule has 19 heavy (non-hydrogen) atoms. The number of benzene rings is 1. The fourth-order valence-corrected chi connectivity index (χ4v) is 3.01. The zero-order chi connectivity index (χ0) is 13.1. The van der Waals surface area contributed by atoms with Crippen molar-refractivity contribution in [3.05, 3.63) is 53.5 Å². The molecule has 0 aliphatic rings. The number of oxazole rings is 1. The van der Waals surface area contributed by atoms with Crippen molar-refractivity contribution in [2.75, 3.05) is 0 Å². The second-order valence-corrected chi connectivity index (χ2v) is 5.65. The first-order valence-electron chi connectivity index (χ1n) is 5.54. The molecule has 2 aromatic heterocycles. The molecule has 0 amide bonds. The molecule has 0 saturated carbocycles. The van der Waals surface area contributed by atoms with Crippen LogP contribution in [0.2, 0.25) is 0 Å². The Labute approximate surface area is 118 Å². The van der Waals surface area contributed by atoms with Crippen LogP contribution in [0, 0.1) is 11.3 Å². The van der Waals surface area contributed by atoms with Gasteiger partial charge in [0.1, 0.15) is 6.07 Å². The summed E-state index contributed by atoms with van der Waals surface area (Å²) in [6.45, 7) is 0. The largest absolute Gasteiger partial charge is 0.427 e. The highest BCUT2D eigenvalue weighted by Gasteiger charge is 2.16. The first kappa shape index (κ1) is 12.0. The number of rotatable bonds is 3. The quantitative estimate of drug-likeness (QED) is 0.714. The predicted molar refractivity (Wildman–Crippen MR) is 75.1 cm³/mol. The number of nitrogens with zero attached hydrogens (tertiary/aromatic N) is 2. The van der Waals surface area contributed by atoms with E-state index in [2.05, 4.69) is 11.1 Å². The molecule has 2 heterocycles. The van der Waals surface area contributed by atoms with Gasteiger partial charge in [-0.2, -0.15) is 10.2 Å². The van der Waals surface area contributed by atoms with Crippen LogP contribution in [0.15, 0.2) is 62.2 Å². The Balaban J connectivity index is 1.96. The summed E-state index contributed by atoms with van der Waals surface area (Å²) >= 11 is 2.95. The van der Waals surface area contributed by atoms with Crippen molar-refractivity contribution in [3.8, 4) is 16.8 Å². The Morgan fingerprint density at radius 3 is 2.68 bits per heavy atom. The van der Waals surface area contributed by atoms with E-state index in [-0.39, 0.29) is 0 Å². The van der Waals surface area contributed by atoms with E-state index < -0.39 is 0 Å². The molecule has 0 bridgehead atoms. The molecule has 1 aromatic carbocycles. The minimum absolute atomic E-state index is 0.331. The van der Waals surface area contributed by atoms with Gasteiger partial charge in [-0.05, 0) is 35.3 Å². The van der Waals surface area contributed by atoms with Gasteiger partial charge in [0.25, 0.3) is 0 Å². The topological polar surface area (TPSA) is 49.8 Å². The van der Waals surface area contributed by atoms with Crippen molar-refractivity contribution < 1.29 is 4.42 Å². The Hall–Kier alpha value is -2.03. The third kappa shape index (κ3) is 2.55. The Morgan fingerprint density at radius 2 is 2.00 bits per heavy atom. The first-order chi connectivity index (χ1) is 9.36. The first-order valence-corrected chi connectivity index (χ1v) is 7.24. The monoisotopic (exact) mass is 284 g/mol. The highest BCUT2D eigenvalue weighted by atomic mass is 32.2. The summed E-state index contributed by atoms with van der Waals surface area (Å²) in [5.74, 6) is 0.505. The van der Waals surface area contributed by atoms with E-state index >= 15 is 0 Å². The maximum atomic E-state index is 9.12. The van der Waals surface area contributed by atoms with Crippen molar-refractivity contribution in [1.82, 2.24) is 4.98 Å². The minimum atomic E-state index is 0.331. The number of thiophene rings is 1. The van der Waals surface area contributed by atoms with Crippen molar-refractivity contribution >= 4 is 23.1 Å². The molecular weight excluding hydrogens is 276 g/mol. The molecule has 3 nitrogen and oxygen atoms in total. The maximum absolute atomic E-state index is 9.12. The lowest BCUT2D eigenvalue weighted by molar-refractivity contribution is 0.484. The average Bonchev–Trinajstić information content (AvgIpc) is 3.08. The summed E-state index contributed by atoms with van der Waals surface area (Å²) < 4.78 is 5.69. The van der Waals surface area contributed by atoms with E-state index in [1.807, 2.05) is 47.8 Å². The molecule has 3 aromatic rings. The molecule has 0 fully saturated rings. The van der Waals surface area contributed by atoms with Gasteiger partial charge in [-0.25, -0.2) is 0 Å². The van der Waals surface area contributed by atoms with E-state index in [9.17, 15) is 0 Å². The minimum Gasteiger partial charge on any atom is -0.427 e. The third-order valence-electron chi connectivity index (χ3n) is 2.39. The Kier molecular flexibility index (Phi) is 3.36. The van der Waals surface area contributed by atoms with E-state index in [0.29, 0.717) is 16.7 Å². The second-order valence-electron chi connectivity index (χ2n) is 3.66. The fourth-order valence-electron chi connectivity index (χ4n) is 1.55. The molecule has 0 aliphatic heterocycles. The third-order valence-corrected chi connectivity index (χ3v) is 4.22. The lowest BCUT2D eigenvalue weighted by atomic mass is 10.4. The summed E-state index contributed by atoms with van der Waals surface area (Å²) in [4.78, 5) is 6.18. The van der Waals surface area contributed by atoms with Crippen molar-refractivity contribution in [2.45, 2.75) is 9.99 Å². The maximum Gasteiger partial charge on any atom is 0.238 e. The zero-order valence-corrected chi connectivity index (χ0v) is 11.4. The number of hydrogen-bond donors (Lipinski definition) is 0. The van der Waals surface area contributed by atoms with Gasteiger partial charge in [0.2, 0.25) is 11.0 Å². The van der Waals surface area contributed by atoms with E-state index in [1.54, 1.807) is 0 Å². The molecule has 0 radical (unpaired) electrons. The standard InChI is InChI=1S/C14H8N2OS2/c15-9-11-14(19-10-5-2-1-3-6-10)17-13(16-11)12-7-4-8-18-12/h1-8H. The molecule has 0 spiro atoms. The van der Waals surface area contributed by atoms with Crippen molar-refractivity contribution in [3.63, 3.8) is 0 Å². The van der Waals surface area contributed by atoms with Gasteiger partial charge in [-0.1, -0.05) is 24.3 Å². The van der Waals surface area contributed by atoms with Gasteiger partial charge in [0.15, 0.2) is 5.69 Å². The van der Waals surface area contributed by atoms with Gasteiger partial charge in [0, 0.05) is 4.90 Å². The summed E-state index contributed by atoms with van der Waals surface area (Å²) in [6, 6.07) is 15.7. The van der Waals surface area contributed by atoms with Gasteiger partial charge in [0.05, 0.1) is 4.88 Å². The predicted octanol–water partition coefficient (Wildman–Crippen LogP) is 4.43. The van der Waals surface area contributed by atoms with Gasteiger partial charge in [-0.3, -0.25) is 0 Å². The van der Waals surface area contributed by atoms with E-state index in [1.165, 1.54) is 23.1 Å². The lowest BCUT2D eigenvalue weighted by Crippen LogP contribution is -1.76. The molecule has 0 saturated heterocycles. The molecule has 3 rings (SSSR count). The highest BCUT2D eigenvalue weighted by Crippen LogP contribution is 2.34. The normalized spacial score (nSPS) is 10.3. The van der Waals surface area contributed by atoms with Crippen LogP contribution in [0.4, 0.5) is 0 Å². The van der Waals surface area contributed by atoms with Crippen LogP contribution in [-0.4, -0.2) is 4.98 Å². The molecule has 0 N–H and O–H groups in total. The van der Waals surface area contributed by atoms with Gasteiger partial charge >= 0.3 is 0 Å². The molecule has 0 aliphatic carbocycles. The van der Waals surface area contributed by atoms with Crippen molar-refractivity contribution in [1.29, 1.82) is 5.26 Å². The zero-order valence-electron chi connectivity index (χ0n) is 9.74. The summed E-state index contributed by atoms with van der Waals surface area (Å²) in [6.07, 6.45) is 0. The highest BCUT2D eigenvalue weighted by molar-refractivity contribution is 7.99. The lowest BCUT2D eigenvalue weighted by Gasteiger charge is -1.96. The molecule has 0 unspecified atom stereocenters. The van der Waals surface area contributed by atoms with Crippen molar-refractivity contribution in [2.24, 2.45) is 0 Å². The van der Waals surface area contributed by atoms with E-state index in [0.717, 1.165) is 9.77 Å². The fraction of sp³-hybridized carbons (Fsp3) is 0. The molecule has 5 heteroatoms. The SMILES string of the molecule is N#Cc1nc(-c2cccs2)oc1Sc1ccccc1. The Bertz CT molecular complexity index is 712. The van der Waals surface area contributed by atoms with Crippen LogP contribution in [0.3, 0.4) is 0 Å². The Morgan fingerprint density at radius 1 is 1.16 bits per heavy atom. The summed E-state index contributed by atoms with van der Waals surface area (Å²) in [5, 5.41) is 11.6. The number of nitriles is 1. The van der Waals surface area contributed by atoms with Crippen LogP contribution in [-0.2, 0) is 0 Å². The smallest absolute Gasteiger partial charge is 0.238 e. The number of hydrogen-bond acceptors (Lipinski definition) is 5. The van der Waals surface area contributed by atoms with E-state index in [4.69, 9.17) is 9.68 Å². The van der Waals surface area contributed by atoms with Gasteiger partial charge in [-0.15, -0.1) is 11.3 Å². The van der Waals surface area contributed by atoms with Crippen LogP contribution < -0.4 is 0 Å². The van der Waals surface area contributed by atoms with Gasteiger partial charge < -0.3 is 4.42 Å². The second kappa shape index (κ2) is 5.31. The van der Waals surface area contributed by atoms with Crippen LogP contribution in [0.5, 0.6) is 0 Å². The summed E-state index contributed by atoms with van der Waals surface area (Å²) in [7, 11) is 0. The number of aromatic nitrogens is 1. The van der Waals surface area contributed by atoms with Crippen LogP contribution >= 0.6 is 23.1 Å². The molecule has 0 atom stereocenters. The van der Waals surface area contributed by atoms with Crippen LogP contribution in [0.1, 0.15) is 5.69 Å². The van der Waals surface area contributed by atoms with Crippen LogP contribution in [0.25, 0.3) is 10.8 Å². The average molecular weight is 284 g/mol.